The average molecular weight is 436 g/mol. The standard InChI is InChI=1S/C26H33N3OS/c1-15(2)29(16(3)4)11-12-31-18-8-10-19-21(14-18)26(5,6)25-23(24(19)30)20-9-7-17(27)13-22(20)28-25/h7-10,13-16,28H,11-12,27H2,1-6H3. The minimum atomic E-state index is -0.287. The van der Waals surface area contributed by atoms with E-state index in [1.807, 2.05) is 36.0 Å². The lowest BCUT2D eigenvalue weighted by atomic mass is 9.71. The van der Waals surface area contributed by atoms with E-state index in [0.29, 0.717) is 17.8 Å². The monoisotopic (exact) mass is 435 g/mol. The highest BCUT2D eigenvalue weighted by Gasteiger charge is 2.39. The van der Waals surface area contributed by atoms with E-state index in [4.69, 9.17) is 5.73 Å². The lowest BCUT2D eigenvalue weighted by Crippen LogP contribution is -2.38. The van der Waals surface area contributed by atoms with E-state index < -0.39 is 0 Å². The summed E-state index contributed by atoms with van der Waals surface area (Å²) in [6, 6.07) is 13.1. The molecule has 31 heavy (non-hydrogen) atoms. The topological polar surface area (TPSA) is 62.1 Å². The number of H-pyrrole nitrogens is 1. The van der Waals surface area contributed by atoms with Crippen molar-refractivity contribution in [1.82, 2.24) is 9.88 Å². The van der Waals surface area contributed by atoms with Crippen molar-refractivity contribution in [3.63, 3.8) is 0 Å². The van der Waals surface area contributed by atoms with E-state index in [0.717, 1.165) is 45.6 Å². The first-order valence-corrected chi connectivity index (χ1v) is 12.1. The summed E-state index contributed by atoms with van der Waals surface area (Å²) in [6.07, 6.45) is 0. The molecule has 0 spiro atoms. The van der Waals surface area contributed by atoms with Gasteiger partial charge in [0.2, 0.25) is 0 Å². The molecule has 0 fully saturated rings. The van der Waals surface area contributed by atoms with Gasteiger partial charge in [0.15, 0.2) is 5.78 Å². The van der Waals surface area contributed by atoms with Gasteiger partial charge in [-0.15, -0.1) is 11.8 Å². The van der Waals surface area contributed by atoms with Gasteiger partial charge in [-0.3, -0.25) is 9.69 Å². The van der Waals surface area contributed by atoms with Crippen LogP contribution in [0.4, 0.5) is 5.69 Å². The van der Waals surface area contributed by atoms with Gasteiger partial charge in [-0.2, -0.15) is 0 Å². The molecule has 1 aliphatic rings. The Morgan fingerprint density at radius 3 is 2.45 bits per heavy atom. The molecule has 5 heteroatoms. The molecular weight excluding hydrogens is 402 g/mol. The second kappa shape index (κ2) is 8.03. The first-order chi connectivity index (χ1) is 14.6. The van der Waals surface area contributed by atoms with Crippen molar-refractivity contribution in [2.75, 3.05) is 18.0 Å². The molecule has 0 radical (unpaired) electrons. The van der Waals surface area contributed by atoms with E-state index in [9.17, 15) is 4.79 Å². The molecule has 0 saturated carbocycles. The first-order valence-electron chi connectivity index (χ1n) is 11.1. The second-order valence-corrected chi connectivity index (χ2v) is 10.8. The maximum atomic E-state index is 13.5. The number of nitrogen functional groups attached to an aromatic ring is 1. The van der Waals surface area contributed by atoms with Crippen LogP contribution in [0.15, 0.2) is 41.3 Å². The van der Waals surface area contributed by atoms with Crippen LogP contribution in [-0.2, 0) is 5.41 Å². The molecular formula is C26H33N3OS. The number of aromatic nitrogens is 1. The van der Waals surface area contributed by atoms with E-state index >= 15 is 0 Å². The number of nitrogens with zero attached hydrogens (tertiary/aromatic N) is 1. The second-order valence-electron chi connectivity index (χ2n) is 9.62. The molecule has 1 aromatic heterocycles. The fourth-order valence-electron chi connectivity index (χ4n) is 4.90. The van der Waals surface area contributed by atoms with Gasteiger partial charge in [0.25, 0.3) is 0 Å². The maximum absolute atomic E-state index is 13.5. The number of rotatable bonds is 6. The molecule has 1 aliphatic carbocycles. The number of thioether (sulfide) groups is 1. The Hall–Kier alpha value is -2.24. The van der Waals surface area contributed by atoms with Crippen LogP contribution >= 0.6 is 11.8 Å². The molecule has 164 valence electrons. The summed E-state index contributed by atoms with van der Waals surface area (Å²) >= 11 is 1.87. The Bertz CT molecular complexity index is 1140. The van der Waals surface area contributed by atoms with E-state index in [1.165, 1.54) is 4.90 Å². The zero-order chi connectivity index (χ0) is 22.5. The van der Waals surface area contributed by atoms with Crippen molar-refractivity contribution in [1.29, 1.82) is 0 Å². The van der Waals surface area contributed by atoms with Crippen molar-refractivity contribution in [3.05, 3.63) is 58.8 Å². The SMILES string of the molecule is CC(C)N(CCSc1ccc2c(c1)C(C)(C)c1[nH]c3cc(N)ccc3c1C2=O)C(C)C. The summed E-state index contributed by atoms with van der Waals surface area (Å²) in [4.78, 5) is 20.7. The van der Waals surface area contributed by atoms with Gasteiger partial charge in [-0.1, -0.05) is 19.9 Å². The minimum absolute atomic E-state index is 0.0997. The Kier molecular flexibility index (Phi) is 5.69. The lowest BCUT2D eigenvalue weighted by molar-refractivity contribution is 0.103. The summed E-state index contributed by atoms with van der Waals surface area (Å²) in [5.41, 5.74) is 11.0. The van der Waals surface area contributed by atoms with Gasteiger partial charge >= 0.3 is 0 Å². The molecule has 4 nitrogen and oxygen atoms in total. The number of carbonyl (C=O) groups is 1. The van der Waals surface area contributed by atoms with Crippen molar-refractivity contribution in [2.24, 2.45) is 0 Å². The van der Waals surface area contributed by atoms with Crippen LogP contribution in [0.2, 0.25) is 0 Å². The maximum Gasteiger partial charge on any atom is 0.195 e. The fraction of sp³-hybridized carbons (Fsp3) is 0.423. The fourth-order valence-corrected chi connectivity index (χ4v) is 5.80. The summed E-state index contributed by atoms with van der Waals surface area (Å²) in [5, 5.41) is 0.953. The minimum Gasteiger partial charge on any atom is -0.399 e. The predicted molar refractivity (Wildman–Crippen MR) is 132 cm³/mol. The number of hydrogen-bond donors (Lipinski definition) is 2. The smallest absolute Gasteiger partial charge is 0.195 e. The van der Waals surface area contributed by atoms with Crippen LogP contribution in [-0.4, -0.2) is 40.0 Å². The summed E-state index contributed by atoms with van der Waals surface area (Å²) in [7, 11) is 0. The van der Waals surface area contributed by atoms with Crippen LogP contribution in [0, 0.1) is 0 Å². The predicted octanol–water partition coefficient (Wildman–Crippen LogP) is 5.83. The van der Waals surface area contributed by atoms with Gasteiger partial charge < -0.3 is 10.7 Å². The number of benzene rings is 2. The van der Waals surface area contributed by atoms with Gasteiger partial charge in [-0.25, -0.2) is 0 Å². The number of anilines is 1. The third-order valence-electron chi connectivity index (χ3n) is 6.53. The van der Waals surface area contributed by atoms with E-state index in [-0.39, 0.29) is 11.2 Å². The van der Waals surface area contributed by atoms with Crippen LogP contribution in [0.25, 0.3) is 10.9 Å². The molecule has 0 bridgehead atoms. The number of ketones is 1. The molecule has 4 rings (SSSR count). The highest BCUT2D eigenvalue weighted by Crippen LogP contribution is 2.44. The van der Waals surface area contributed by atoms with Crippen molar-refractivity contribution >= 4 is 34.1 Å². The molecule has 0 atom stereocenters. The highest BCUT2D eigenvalue weighted by molar-refractivity contribution is 7.99. The van der Waals surface area contributed by atoms with E-state index in [1.54, 1.807) is 0 Å². The summed E-state index contributed by atoms with van der Waals surface area (Å²) < 4.78 is 0. The zero-order valence-electron chi connectivity index (χ0n) is 19.4. The van der Waals surface area contributed by atoms with Gasteiger partial charge in [-0.05, 0) is 63.6 Å². The van der Waals surface area contributed by atoms with Gasteiger partial charge in [0, 0.05) is 62.5 Å². The molecule has 3 N–H and O–H groups in total. The molecule has 1 heterocycles. The van der Waals surface area contributed by atoms with Crippen molar-refractivity contribution < 1.29 is 4.79 Å². The Morgan fingerprint density at radius 1 is 1.06 bits per heavy atom. The molecule has 2 aromatic carbocycles. The number of nitrogens with one attached hydrogen (secondary N) is 1. The quantitative estimate of drug-likeness (QED) is 0.378. The first kappa shape index (κ1) is 22.0. The van der Waals surface area contributed by atoms with Crippen molar-refractivity contribution in [3.8, 4) is 0 Å². The lowest BCUT2D eigenvalue weighted by Gasteiger charge is -2.32. The average Bonchev–Trinajstić information content (AvgIpc) is 3.09. The molecule has 0 aliphatic heterocycles. The third-order valence-corrected chi connectivity index (χ3v) is 7.50. The Labute approximate surface area is 189 Å². The molecule has 0 amide bonds. The van der Waals surface area contributed by atoms with E-state index in [2.05, 4.69) is 63.6 Å². The molecule has 3 aromatic rings. The molecule has 0 unspecified atom stereocenters. The van der Waals surface area contributed by atoms with Crippen LogP contribution in [0.5, 0.6) is 0 Å². The number of carbonyl (C=O) groups excluding carboxylic acids is 1. The number of aromatic amines is 1. The van der Waals surface area contributed by atoms with Crippen LogP contribution in [0.3, 0.4) is 0 Å². The largest absolute Gasteiger partial charge is 0.399 e. The summed E-state index contributed by atoms with van der Waals surface area (Å²) in [5.74, 6) is 1.13. The normalized spacial score (nSPS) is 15.2. The van der Waals surface area contributed by atoms with Crippen molar-refractivity contribution in [2.45, 2.75) is 63.9 Å². The van der Waals surface area contributed by atoms with Gasteiger partial charge in [0.05, 0.1) is 5.56 Å². The van der Waals surface area contributed by atoms with Crippen LogP contribution in [0.1, 0.15) is 68.7 Å². The summed E-state index contributed by atoms with van der Waals surface area (Å²) in [6.45, 7) is 14.5. The number of hydrogen-bond acceptors (Lipinski definition) is 4. The highest BCUT2D eigenvalue weighted by atomic mass is 32.2. The van der Waals surface area contributed by atoms with Gasteiger partial charge in [0.1, 0.15) is 0 Å². The molecule has 0 saturated heterocycles. The Balaban J connectivity index is 1.65. The zero-order valence-corrected chi connectivity index (χ0v) is 20.2. The Morgan fingerprint density at radius 2 is 1.77 bits per heavy atom. The number of fused-ring (bicyclic) bond motifs is 4. The van der Waals surface area contributed by atoms with Crippen LogP contribution < -0.4 is 5.73 Å². The third kappa shape index (κ3) is 3.79. The number of nitrogens with two attached hydrogens (primary N) is 1.